The molecule has 0 aromatic rings. The Kier molecular flexibility index (Phi) is 57.0. The van der Waals surface area contributed by atoms with Crippen LogP contribution in [0.2, 0.25) is 0 Å². The third kappa shape index (κ3) is 53.9. The van der Waals surface area contributed by atoms with E-state index in [1.54, 1.807) is 0 Å². The van der Waals surface area contributed by atoms with E-state index in [1.807, 2.05) is 0 Å². The van der Waals surface area contributed by atoms with Crippen molar-refractivity contribution < 1.29 is 24.5 Å². The number of carbonyl (C=O) groups is 2. The van der Waals surface area contributed by atoms with Gasteiger partial charge in [0.2, 0.25) is 5.91 Å². The first-order chi connectivity index (χ1) is 33.5. The summed E-state index contributed by atoms with van der Waals surface area (Å²) in [6, 6.07) is -0.536. The van der Waals surface area contributed by atoms with Gasteiger partial charge in [-0.25, -0.2) is 0 Å². The first-order valence-corrected chi connectivity index (χ1v) is 30.9. The molecule has 0 saturated heterocycles. The number of allylic oxidation sites excluding steroid dienone is 2. The van der Waals surface area contributed by atoms with Crippen LogP contribution in [0.25, 0.3) is 0 Å². The van der Waals surface area contributed by atoms with E-state index >= 15 is 0 Å². The van der Waals surface area contributed by atoms with Crippen molar-refractivity contribution in [3.8, 4) is 0 Å². The van der Waals surface area contributed by atoms with Crippen LogP contribution in [0.15, 0.2) is 12.2 Å². The Hall–Kier alpha value is -1.40. The van der Waals surface area contributed by atoms with Crippen molar-refractivity contribution in [3.63, 3.8) is 0 Å². The Bertz CT molecular complexity index is 1020. The molecule has 68 heavy (non-hydrogen) atoms. The first kappa shape index (κ1) is 66.6. The zero-order valence-electron chi connectivity index (χ0n) is 46.1. The molecule has 2 atom stereocenters. The molecule has 3 N–H and O–H groups in total. The summed E-state index contributed by atoms with van der Waals surface area (Å²) in [4.78, 5) is 24.5. The number of amides is 1. The van der Waals surface area contributed by atoms with Crippen LogP contribution in [-0.4, -0.2) is 47.4 Å². The predicted octanol–water partition coefficient (Wildman–Crippen LogP) is 19.2. The lowest BCUT2D eigenvalue weighted by molar-refractivity contribution is -0.143. The molecule has 6 heteroatoms. The zero-order valence-corrected chi connectivity index (χ0v) is 46.1. The molecule has 404 valence electrons. The number of rotatable bonds is 58. The van der Waals surface area contributed by atoms with Crippen molar-refractivity contribution in [2.24, 2.45) is 0 Å². The van der Waals surface area contributed by atoms with Gasteiger partial charge in [-0.15, -0.1) is 0 Å². The maximum Gasteiger partial charge on any atom is 0.305 e. The van der Waals surface area contributed by atoms with Gasteiger partial charge in [-0.3, -0.25) is 9.59 Å². The molecular weight excluding hydrogens is 839 g/mol. The van der Waals surface area contributed by atoms with Gasteiger partial charge in [-0.2, -0.15) is 0 Å². The monoisotopic (exact) mass is 960 g/mol. The van der Waals surface area contributed by atoms with Crippen molar-refractivity contribution in [3.05, 3.63) is 12.2 Å². The Morgan fingerprint density at radius 2 is 0.691 bits per heavy atom. The zero-order chi connectivity index (χ0) is 49.3. The number of aliphatic hydroxyl groups excluding tert-OH is 2. The number of unbranched alkanes of at least 4 members (excludes halogenated alkanes) is 45. The topological polar surface area (TPSA) is 95.9 Å². The summed E-state index contributed by atoms with van der Waals surface area (Å²) >= 11 is 0. The van der Waals surface area contributed by atoms with E-state index in [2.05, 4.69) is 31.3 Å². The third-order valence-electron chi connectivity index (χ3n) is 14.6. The average molecular weight is 961 g/mol. The third-order valence-corrected chi connectivity index (χ3v) is 14.6. The number of aliphatic hydroxyl groups is 2. The van der Waals surface area contributed by atoms with E-state index in [0.29, 0.717) is 25.9 Å². The van der Waals surface area contributed by atoms with Gasteiger partial charge in [0.25, 0.3) is 0 Å². The summed E-state index contributed by atoms with van der Waals surface area (Å²) in [6.07, 6.45) is 69.6. The van der Waals surface area contributed by atoms with Crippen LogP contribution < -0.4 is 5.32 Å². The lowest BCUT2D eigenvalue weighted by atomic mass is 10.0. The molecule has 0 rings (SSSR count). The highest BCUT2D eigenvalue weighted by atomic mass is 16.5. The Labute approximate surface area is 425 Å². The van der Waals surface area contributed by atoms with Crippen LogP contribution in [0.3, 0.4) is 0 Å². The molecule has 0 saturated carbocycles. The van der Waals surface area contributed by atoms with Crippen molar-refractivity contribution in [1.29, 1.82) is 0 Å². The summed E-state index contributed by atoms with van der Waals surface area (Å²) < 4.78 is 5.48. The molecule has 0 aliphatic heterocycles. The van der Waals surface area contributed by atoms with Gasteiger partial charge in [0, 0.05) is 12.8 Å². The van der Waals surface area contributed by atoms with E-state index in [-0.39, 0.29) is 18.5 Å². The largest absolute Gasteiger partial charge is 0.466 e. The second-order valence-electron chi connectivity index (χ2n) is 21.4. The van der Waals surface area contributed by atoms with Crippen LogP contribution in [-0.2, 0) is 14.3 Å². The highest BCUT2D eigenvalue weighted by Gasteiger charge is 2.20. The van der Waals surface area contributed by atoms with Gasteiger partial charge in [0.1, 0.15) is 0 Å². The minimum atomic E-state index is -0.659. The molecule has 0 spiro atoms. The smallest absolute Gasteiger partial charge is 0.305 e. The fourth-order valence-electron chi connectivity index (χ4n) is 9.81. The molecular formula is C62H121NO5. The van der Waals surface area contributed by atoms with E-state index in [1.165, 1.54) is 270 Å². The van der Waals surface area contributed by atoms with Crippen LogP contribution in [0.1, 0.15) is 348 Å². The van der Waals surface area contributed by atoms with Gasteiger partial charge in [0.05, 0.1) is 25.4 Å². The van der Waals surface area contributed by atoms with E-state index in [9.17, 15) is 19.8 Å². The summed E-state index contributed by atoms with van der Waals surface area (Å²) in [5, 5.41) is 23.1. The van der Waals surface area contributed by atoms with E-state index in [0.717, 1.165) is 44.9 Å². The Balaban J connectivity index is 3.30. The lowest BCUT2D eigenvalue weighted by Crippen LogP contribution is -2.45. The minimum absolute atomic E-state index is 0.0106. The highest BCUT2D eigenvalue weighted by molar-refractivity contribution is 5.76. The molecule has 0 aliphatic carbocycles. The molecule has 0 aromatic heterocycles. The maximum absolute atomic E-state index is 12.4. The normalized spacial score (nSPS) is 12.6. The van der Waals surface area contributed by atoms with Gasteiger partial charge in [-0.1, -0.05) is 296 Å². The molecule has 0 aliphatic rings. The van der Waals surface area contributed by atoms with Gasteiger partial charge >= 0.3 is 5.97 Å². The molecule has 1 amide bonds. The van der Waals surface area contributed by atoms with Crippen molar-refractivity contribution in [1.82, 2.24) is 5.32 Å². The summed E-state index contributed by atoms with van der Waals surface area (Å²) in [5.74, 6) is -0.0223. The fraction of sp³-hybridized carbons (Fsp3) is 0.935. The Morgan fingerprint density at radius 1 is 0.397 bits per heavy atom. The number of esters is 1. The average Bonchev–Trinajstić information content (AvgIpc) is 3.34. The first-order valence-electron chi connectivity index (χ1n) is 30.9. The lowest BCUT2D eigenvalue weighted by Gasteiger charge is -2.22. The van der Waals surface area contributed by atoms with E-state index < -0.39 is 12.1 Å². The summed E-state index contributed by atoms with van der Waals surface area (Å²) in [7, 11) is 0. The Morgan fingerprint density at radius 3 is 1.04 bits per heavy atom. The number of ether oxygens (including phenoxy) is 1. The fourth-order valence-corrected chi connectivity index (χ4v) is 9.81. The van der Waals surface area contributed by atoms with Gasteiger partial charge in [0.15, 0.2) is 0 Å². The van der Waals surface area contributed by atoms with Crippen LogP contribution in [0, 0.1) is 0 Å². The number of hydrogen-bond donors (Lipinski definition) is 3. The quantitative estimate of drug-likeness (QED) is 0.0321. The molecule has 0 aromatic carbocycles. The van der Waals surface area contributed by atoms with Gasteiger partial charge in [-0.05, 0) is 51.4 Å². The van der Waals surface area contributed by atoms with E-state index in [4.69, 9.17) is 4.74 Å². The van der Waals surface area contributed by atoms with Crippen LogP contribution in [0.5, 0.6) is 0 Å². The summed E-state index contributed by atoms with van der Waals surface area (Å²) in [5.41, 5.74) is 0. The van der Waals surface area contributed by atoms with Crippen LogP contribution >= 0.6 is 0 Å². The number of nitrogens with one attached hydrogen (secondary N) is 1. The van der Waals surface area contributed by atoms with Crippen molar-refractivity contribution in [2.75, 3.05) is 13.2 Å². The SMILES string of the molecule is CCCCCCC/C=C\CCCCCCCC(=O)OCCCCCCCCCCCCCCCCCCCCCCCCCCCCCCC(=O)NC(CO)C(O)CCCCCCCCCCC. The van der Waals surface area contributed by atoms with Gasteiger partial charge < -0.3 is 20.3 Å². The predicted molar refractivity (Wildman–Crippen MR) is 297 cm³/mol. The number of carbonyl (C=O) groups excluding carboxylic acids is 2. The second-order valence-corrected chi connectivity index (χ2v) is 21.4. The number of hydrogen-bond acceptors (Lipinski definition) is 5. The van der Waals surface area contributed by atoms with Crippen molar-refractivity contribution in [2.45, 2.75) is 360 Å². The molecule has 0 bridgehead atoms. The van der Waals surface area contributed by atoms with Crippen molar-refractivity contribution >= 4 is 11.9 Å². The maximum atomic E-state index is 12.4. The molecule has 0 radical (unpaired) electrons. The second kappa shape index (κ2) is 58.2. The van der Waals surface area contributed by atoms with Crippen LogP contribution in [0.4, 0.5) is 0 Å². The highest BCUT2D eigenvalue weighted by Crippen LogP contribution is 2.18. The molecule has 0 fully saturated rings. The summed E-state index contributed by atoms with van der Waals surface area (Å²) in [6.45, 7) is 4.94. The molecule has 2 unspecified atom stereocenters. The minimum Gasteiger partial charge on any atom is -0.466 e. The molecule has 0 heterocycles. The molecule has 6 nitrogen and oxygen atoms in total. The standard InChI is InChI=1S/C62H121NO5/c1-3-5-7-9-11-13-14-15-33-36-40-44-48-52-56-62(67)68-57-53-49-45-41-37-34-31-29-27-25-23-21-19-17-16-18-20-22-24-26-28-30-32-35-39-43-47-51-55-61(66)63-59(58-64)60(65)54-50-46-42-38-12-10-8-6-4-2/h14-15,59-60,64-65H,3-13,16-58H2,1-2H3,(H,63,66)/b15-14-.